The number of nitrogens with zero attached hydrogens (tertiary/aromatic N) is 2. The minimum absolute atomic E-state index is 0.0978. The van der Waals surface area contributed by atoms with Gasteiger partial charge in [0.25, 0.3) is 0 Å². The number of thioether (sulfide) groups is 2. The van der Waals surface area contributed by atoms with Crippen molar-refractivity contribution in [3.05, 3.63) is 63.1 Å². The first-order chi connectivity index (χ1) is 12.0. The first-order valence-corrected chi connectivity index (χ1v) is 9.83. The number of halogens is 2. The first kappa shape index (κ1) is 18.2. The maximum atomic E-state index is 12.6. The van der Waals surface area contributed by atoms with Crippen molar-refractivity contribution >= 4 is 58.2 Å². The van der Waals surface area contributed by atoms with Crippen LogP contribution in [0.4, 0.5) is 5.69 Å². The fourth-order valence-electron chi connectivity index (χ4n) is 2.38. The molecule has 3 rings (SSSR count). The van der Waals surface area contributed by atoms with Gasteiger partial charge < -0.3 is 4.90 Å². The van der Waals surface area contributed by atoms with Gasteiger partial charge in [0.05, 0.1) is 21.5 Å². The number of carbonyl (C=O) groups excluding carboxylic acids is 1. The van der Waals surface area contributed by atoms with Gasteiger partial charge in [-0.1, -0.05) is 53.2 Å². The molecule has 0 spiro atoms. The van der Waals surface area contributed by atoms with Crippen LogP contribution >= 0.6 is 46.7 Å². The summed E-state index contributed by atoms with van der Waals surface area (Å²) in [6, 6.07) is 15.1. The molecular formula is C18H12Cl2N2OS2. The number of carbonyl (C=O) groups is 1. The average molecular weight is 407 g/mol. The van der Waals surface area contributed by atoms with E-state index in [-0.39, 0.29) is 17.1 Å². The number of Topliss-reactive ketones (excluding diaryl/α,β-unsaturated/α-hetero) is 1. The van der Waals surface area contributed by atoms with Gasteiger partial charge in [-0.3, -0.25) is 4.79 Å². The van der Waals surface area contributed by atoms with Gasteiger partial charge in [-0.25, -0.2) is 0 Å². The van der Waals surface area contributed by atoms with Gasteiger partial charge in [-0.2, -0.15) is 5.26 Å². The third kappa shape index (κ3) is 3.68. The molecule has 2 aromatic carbocycles. The quantitative estimate of drug-likeness (QED) is 0.373. The molecule has 25 heavy (non-hydrogen) atoms. The van der Waals surface area contributed by atoms with Crippen LogP contribution in [0.1, 0.15) is 0 Å². The van der Waals surface area contributed by atoms with Crippen molar-refractivity contribution in [2.24, 2.45) is 0 Å². The lowest BCUT2D eigenvalue weighted by atomic mass is 10.2. The zero-order valence-electron chi connectivity index (χ0n) is 13.1. The summed E-state index contributed by atoms with van der Waals surface area (Å²) >= 11 is 14.9. The number of ketones is 1. The lowest BCUT2D eigenvalue weighted by Gasteiger charge is -2.14. The first-order valence-electron chi connectivity index (χ1n) is 7.28. The number of hydrogen-bond donors (Lipinski definition) is 0. The maximum Gasteiger partial charge on any atom is 0.186 e. The standard InChI is InChI=1S/C18H12Cl2N2OS2/c1-22-14-7-2-3-8-16(14)25-18(22)11(9-21)15(23)10-24-17-12(19)5-4-6-13(17)20/h2-8H,10H2,1H3/b18-11+. The van der Waals surface area contributed by atoms with Gasteiger partial charge in [-0.15, -0.1) is 11.8 Å². The predicted octanol–water partition coefficient (Wildman–Crippen LogP) is 5.63. The van der Waals surface area contributed by atoms with Crippen molar-refractivity contribution in [3.63, 3.8) is 0 Å². The molecule has 0 amide bonds. The van der Waals surface area contributed by atoms with Crippen LogP contribution in [0.25, 0.3) is 0 Å². The Morgan fingerprint density at radius 3 is 2.52 bits per heavy atom. The van der Waals surface area contributed by atoms with E-state index >= 15 is 0 Å². The van der Waals surface area contributed by atoms with Gasteiger partial charge in [0, 0.05) is 16.8 Å². The van der Waals surface area contributed by atoms with Crippen LogP contribution in [0, 0.1) is 11.3 Å². The van der Waals surface area contributed by atoms with E-state index in [1.165, 1.54) is 23.5 Å². The summed E-state index contributed by atoms with van der Waals surface area (Å²) in [5.74, 6) is -0.147. The Balaban J connectivity index is 1.83. The molecule has 0 N–H and O–H groups in total. The number of para-hydroxylation sites is 1. The normalized spacial score (nSPS) is 14.9. The Labute approximate surface area is 164 Å². The van der Waals surface area contributed by atoms with Crippen molar-refractivity contribution in [1.29, 1.82) is 5.26 Å². The van der Waals surface area contributed by atoms with Gasteiger partial charge in [-0.05, 0) is 24.3 Å². The van der Waals surface area contributed by atoms with E-state index in [4.69, 9.17) is 23.2 Å². The second kappa shape index (κ2) is 7.76. The van der Waals surface area contributed by atoms with Gasteiger partial charge in [0.1, 0.15) is 16.7 Å². The zero-order chi connectivity index (χ0) is 18.0. The van der Waals surface area contributed by atoms with E-state index in [2.05, 4.69) is 6.07 Å². The monoisotopic (exact) mass is 406 g/mol. The summed E-state index contributed by atoms with van der Waals surface area (Å²) in [6.45, 7) is 0. The van der Waals surface area contributed by atoms with Gasteiger partial charge >= 0.3 is 0 Å². The van der Waals surface area contributed by atoms with Crippen molar-refractivity contribution in [1.82, 2.24) is 0 Å². The Kier molecular flexibility index (Phi) is 5.65. The molecule has 1 aliphatic heterocycles. The molecule has 1 aliphatic rings. The Morgan fingerprint density at radius 2 is 1.88 bits per heavy atom. The highest BCUT2D eigenvalue weighted by molar-refractivity contribution is 8.03. The number of benzene rings is 2. The smallest absolute Gasteiger partial charge is 0.186 e. The number of nitriles is 1. The molecule has 1 heterocycles. The van der Waals surface area contributed by atoms with E-state index in [0.29, 0.717) is 20.0 Å². The number of allylic oxidation sites excluding steroid dienone is 1. The number of hydrogen-bond acceptors (Lipinski definition) is 5. The number of anilines is 1. The van der Waals surface area contributed by atoms with Crippen LogP contribution in [-0.4, -0.2) is 18.6 Å². The molecule has 0 aromatic heterocycles. The van der Waals surface area contributed by atoms with Crippen molar-refractivity contribution in [3.8, 4) is 6.07 Å². The fraction of sp³-hybridized carbons (Fsp3) is 0.111. The Hall–Kier alpha value is -1.58. The molecule has 0 saturated carbocycles. The molecule has 7 heteroatoms. The van der Waals surface area contributed by atoms with Crippen molar-refractivity contribution in [2.45, 2.75) is 9.79 Å². The van der Waals surface area contributed by atoms with E-state index in [9.17, 15) is 10.1 Å². The summed E-state index contributed by atoms with van der Waals surface area (Å²) in [5, 5.41) is 11.2. The predicted molar refractivity (Wildman–Crippen MR) is 106 cm³/mol. The molecule has 3 nitrogen and oxygen atoms in total. The summed E-state index contributed by atoms with van der Waals surface area (Å²) in [6.07, 6.45) is 0. The summed E-state index contributed by atoms with van der Waals surface area (Å²) < 4.78 is 0. The number of rotatable bonds is 4. The molecule has 0 aliphatic carbocycles. The van der Waals surface area contributed by atoms with Gasteiger partial charge in [0.15, 0.2) is 5.78 Å². The maximum absolute atomic E-state index is 12.6. The van der Waals surface area contributed by atoms with Crippen LogP contribution in [0.15, 0.2) is 62.9 Å². The van der Waals surface area contributed by atoms with E-state index in [0.717, 1.165) is 10.6 Å². The largest absolute Gasteiger partial charge is 0.337 e. The van der Waals surface area contributed by atoms with Crippen molar-refractivity contribution < 1.29 is 4.79 Å². The molecule has 2 aromatic rings. The molecule has 0 saturated heterocycles. The van der Waals surface area contributed by atoms with E-state index in [1.54, 1.807) is 18.2 Å². The second-order valence-corrected chi connectivity index (χ2v) is 8.01. The summed E-state index contributed by atoms with van der Waals surface area (Å²) in [7, 11) is 1.86. The minimum Gasteiger partial charge on any atom is -0.337 e. The molecule has 0 unspecified atom stereocenters. The molecule has 0 fully saturated rings. The highest BCUT2D eigenvalue weighted by Gasteiger charge is 2.27. The topological polar surface area (TPSA) is 44.1 Å². The summed E-state index contributed by atoms with van der Waals surface area (Å²) in [5.41, 5.74) is 1.14. The SMILES string of the molecule is CN1/C(=C(/C#N)C(=O)CSc2c(Cl)cccc2Cl)Sc2ccccc21. The molecule has 126 valence electrons. The highest BCUT2D eigenvalue weighted by Crippen LogP contribution is 2.46. The third-order valence-electron chi connectivity index (χ3n) is 3.61. The second-order valence-electron chi connectivity index (χ2n) is 5.18. The van der Waals surface area contributed by atoms with Crippen LogP contribution in [0.3, 0.4) is 0 Å². The van der Waals surface area contributed by atoms with Crippen molar-refractivity contribution in [2.75, 3.05) is 17.7 Å². The van der Waals surface area contributed by atoms with Crippen LogP contribution in [0.2, 0.25) is 10.0 Å². The average Bonchev–Trinajstić information content (AvgIpc) is 2.92. The third-order valence-corrected chi connectivity index (χ3v) is 6.83. The molecule has 0 atom stereocenters. The minimum atomic E-state index is -0.245. The highest BCUT2D eigenvalue weighted by atomic mass is 35.5. The molecule has 0 radical (unpaired) electrons. The lowest BCUT2D eigenvalue weighted by Crippen LogP contribution is -2.16. The van der Waals surface area contributed by atoms with Gasteiger partial charge in [0.2, 0.25) is 0 Å². The van der Waals surface area contributed by atoms with Crippen LogP contribution < -0.4 is 4.90 Å². The number of fused-ring (bicyclic) bond motifs is 1. The Morgan fingerprint density at radius 1 is 1.20 bits per heavy atom. The summed E-state index contributed by atoms with van der Waals surface area (Å²) in [4.78, 5) is 16.2. The van der Waals surface area contributed by atoms with E-state index in [1.807, 2.05) is 36.2 Å². The molecular weight excluding hydrogens is 395 g/mol. The lowest BCUT2D eigenvalue weighted by molar-refractivity contribution is -0.112. The van der Waals surface area contributed by atoms with Crippen LogP contribution in [-0.2, 0) is 4.79 Å². The van der Waals surface area contributed by atoms with Crippen LogP contribution in [0.5, 0.6) is 0 Å². The Bertz CT molecular complexity index is 901. The fourth-order valence-corrected chi connectivity index (χ4v) is 5.10. The zero-order valence-corrected chi connectivity index (χ0v) is 16.3. The van der Waals surface area contributed by atoms with E-state index < -0.39 is 0 Å². The molecule has 0 bridgehead atoms.